The van der Waals surface area contributed by atoms with Crippen molar-refractivity contribution in [3.63, 3.8) is 0 Å². The van der Waals surface area contributed by atoms with Gasteiger partial charge in [-0.05, 0) is 37.1 Å². The minimum atomic E-state index is -0.565. The first kappa shape index (κ1) is 14.3. The summed E-state index contributed by atoms with van der Waals surface area (Å²) >= 11 is 0. The van der Waals surface area contributed by atoms with Gasteiger partial charge >= 0.3 is 0 Å². The molecule has 3 rings (SSSR count). The molecule has 1 aliphatic rings. The molecule has 6 nitrogen and oxygen atoms in total. The number of hydrogen-bond donors (Lipinski definition) is 1. The Hall–Kier alpha value is -2.63. The van der Waals surface area contributed by atoms with Crippen LogP contribution < -0.4 is 15.4 Å². The average Bonchev–Trinajstić information content (AvgIpc) is 3.02. The molecule has 0 saturated carbocycles. The number of ether oxygens (including phenoxy) is 1. The Morgan fingerprint density at radius 3 is 2.73 bits per heavy atom. The summed E-state index contributed by atoms with van der Waals surface area (Å²) < 4.78 is 5.84. The monoisotopic (exact) mass is 298 g/mol. The molecule has 0 bridgehead atoms. The second-order valence-corrected chi connectivity index (χ2v) is 5.25. The molecular formula is C16H18N4O2. The molecule has 1 atom stereocenters. The maximum absolute atomic E-state index is 11.0. The minimum Gasteiger partial charge on any atom is -0.491 e. The van der Waals surface area contributed by atoms with E-state index < -0.39 is 5.91 Å². The number of hydrogen-bond acceptors (Lipinski definition) is 5. The molecule has 1 fully saturated rings. The van der Waals surface area contributed by atoms with E-state index in [-0.39, 0.29) is 11.7 Å². The summed E-state index contributed by atoms with van der Waals surface area (Å²) in [5, 5.41) is 7.98. The fourth-order valence-corrected chi connectivity index (χ4v) is 2.63. The summed E-state index contributed by atoms with van der Waals surface area (Å²) in [6.45, 7) is 1.51. The molecule has 0 aliphatic carbocycles. The highest BCUT2D eigenvalue weighted by molar-refractivity contribution is 5.90. The Balaban J connectivity index is 1.66. The molecule has 0 unspecified atom stereocenters. The van der Waals surface area contributed by atoms with Gasteiger partial charge in [0, 0.05) is 6.54 Å². The third kappa shape index (κ3) is 3.16. The number of benzene rings is 1. The lowest BCUT2D eigenvalue weighted by atomic mass is 10.2. The third-order valence-corrected chi connectivity index (χ3v) is 3.76. The Morgan fingerprint density at radius 1 is 1.23 bits per heavy atom. The first-order valence-corrected chi connectivity index (χ1v) is 7.32. The molecule has 114 valence electrons. The van der Waals surface area contributed by atoms with Crippen LogP contribution in [0.4, 0.5) is 5.82 Å². The van der Waals surface area contributed by atoms with E-state index >= 15 is 0 Å². The summed E-state index contributed by atoms with van der Waals surface area (Å²) in [6.07, 6.45) is 2.13. The van der Waals surface area contributed by atoms with Crippen molar-refractivity contribution in [2.75, 3.05) is 18.1 Å². The highest BCUT2D eigenvalue weighted by Crippen LogP contribution is 2.24. The van der Waals surface area contributed by atoms with Crippen LogP contribution >= 0.6 is 0 Å². The lowest BCUT2D eigenvalue weighted by Gasteiger charge is -2.25. The van der Waals surface area contributed by atoms with Crippen molar-refractivity contribution in [3.8, 4) is 5.75 Å². The van der Waals surface area contributed by atoms with Gasteiger partial charge < -0.3 is 15.4 Å². The van der Waals surface area contributed by atoms with Crippen LogP contribution in [0.5, 0.6) is 5.75 Å². The van der Waals surface area contributed by atoms with Gasteiger partial charge in [0.05, 0.1) is 6.04 Å². The molecule has 1 aromatic heterocycles. The number of anilines is 1. The van der Waals surface area contributed by atoms with E-state index in [0.29, 0.717) is 6.61 Å². The van der Waals surface area contributed by atoms with Gasteiger partial charge in [-0.15, -0.1) is 10.2 Å². The predicted octanol–water partition coefficient (Wildman–Crippen LogP) is 1.62. The van der Waals surface area contributed by atoms with E-state index in [0.717, 1.165) is 31.0 Å². The van der Waals surface area contributed by atoms with Crippen molar-refractivity contribution in [1.29, 1.82) is 0 Å². The van der Waals surface area contributed by atoms with Crippen molar-refractivity contribution in [1.82, 2.24) is 10.2 Å². The number of carbonyl (C=O) groups is 1. The molecule has 1 amide bonds. The van der Waals surface area contributed by atoms with Crippen LogP contribution in [-0.4, -0.2) is 35.3 Å². The van der Waals surface area contributed by atoms with Crippen molar-refractivity contribution in [3.05, 3.63) is 48.2 Å². The molecule has 2 heterocycles. The van der Waals surface area contributed by atoms with Crippen LogP contribution in [0.1, 0.15) is 23.3 Å². The largest absolute Gasteiger partial charge is 0.491 e. The SMILES string of the molecule is NC(=O)c1ccc(N2CCC[C@H]2COc2ccccc2)nn1. The van der Waals surface area contributed by atoms with Crippen LogP contribution in [0.3, 0.4) is 0 Å². The molecule has 1 saturated heterocycles. The van der Waals surface area contributed by atoms with Crippen LogP contribution in [-0.2, 0) is 0 Å². The fourth-order valence-electron chi connectivity index (χ4n) is 2.63. The van der Waals surface area contributed by atoms with Crippen LogP contribution in [0.2, 0.25) is 0 Å². The number of para-hydroxylation sites is 1. The van der Waals surface area contributed by atoms with Crippen molar-refractivity contribution in [2.24, 2.45) is 5.73 Å². The van der Waals surface area contributed by atoms with E-state index in [1.54, 1.807) is 12.1 Å². The summed E-state index contributed by atoms with van der Waals surface area (Å²) in [4.78, 5) is 13.2. The highest BCUT2D eigenvalue weighted by Gasteiger charge is 2.26. The Bertz CT molecular complexity index is 630. The number of rotatable bonds is 5. The number of aromatic nitrogens is 2. The maximum Gasteiger partial charge on any atom is 0.269 e. The summed E-state index contributed by atoms with van der Waals surface area (Å²) in [7, 11) is 0. The number of carbonyl (C=O) groups excluding carboxylic acids is 1. The summed E-state index contributed by atoms with van der Waals surface area (Å²) in [5.74, 6) is 1.05. The van der Waals surface area contributed by atoms with E-state index in [2.05, 4.69) is 15.1 Å². The first-order valence-electron chi connectivity index (χ1n) is 7.32. The zero-order valence-corrected chi connectivity index (χ0v) is 12.2. The van der Waals surface area contributed by atoms with Crippen molar-refractivity contribution in [2.45, 2.75) is 18.9 Å². The second kappa shape index (κ2) is 6.43. The van der Waals surface area contributed by atoms with Crippen LogP contribution in [0, 0.1) is 0 Å². The van der Waals surface area contributed by atoms with Gasteiger partial charge in [0.15, 0.2) is 11.5 Å². The molecule has 2 aromatic rings. The van der Waals surface area contributed by atoms with E-state index in [9.17, 15) is 4.79 Å². The quantitative estimate of drug-likeness (QED) is 0.907. The van der Waals surface area contributed by atoms with Gasteiger partial charge in [0.2, 0.25) is 0 Å². The van der Waals surface area contributed by atoms with Crippen molar-refractivity contribution >= 4 is 11.7 Å². The highest BCUT2D eigenvalue weighted by atomic mass is 16.5. The van der Waals surface area contributed by atoms with E-state index in [1.807, 2.05) is 30.3 Å². The second-order valence-electron chi connectivity index (χ2n) is 5.25. The number of primary amides is 1. The normalized spacial score (nSPS) is 17.5. The van der Waals surface area contributed by atoms with Gasteiger partial charge in [0.25, 0.3) is 5.91 Å². The summed E-state index contributed by atoms with van der Waals surface area (Å²) in [6, 6.07) is 13.4. The van der Waals surface area contributed by atoms with E-state index in [4.69, 9.17) is 10.5 Å². The average molecular weight is 298 g/mol. The molecule has 0 spiro atoms. The Labute approximate surface area is 128 Å². The number of amides is 1. The van der Waals surface area contributed by atoms with Gasteiger partial charge in [-0.25, -0.2) is 0 Å². The molecule has 0 radical (unpaired) electrons. The number of nitrogens with two attached hydrogens (primary N) is 1. The third-order valence-electron chi connectivity index (χ3n) is 3.76. The zero-order valence-electron chi connectivity index (χ0n) is 12.2. The van der Waals surface area contributed by atoms with Gasteiger partial charge in [-0.2, -0.15) is 0 Å². The molecule has 6 heteroatoms. The van der Waals surface area contributed by atoms with Gasteiger partial charge in [0.1, 0.15) is 12.4 Å². The standard InChI is InChI=1S/C16H18N4O2/c17-16(21)14-8-9-15(19-18-14)20-10-4-5-12(20)11-22-13-6-2-1-3-7-13/h1-3,6-9,12H,4-5,10-11H2,(H2,17,21)/t12-/m0/s1. The van der Waals surface area contributed by atoms with Gasteiger partial charge in [-0.1, -0.05) is 18.2 Å². The fraction of sp³-hybridized carbons (Fsp3) is 0.312. The lowest BCUT2D eigenvalue weighted by molar-refractivity contribution is 0.0994. The van der Waals surface area contributed by atoms with E-state index in [1.165, 1.54) is 0 Å². The van der Waals surface area contributed by atoms with Gasteiger partial charge in [-0.3, -0.25) is 4.79 Å². The molecule has 1 aliphatic heterocycles. The minimum absolute atomic E-state index is 0.181. The Kier molecular flexibility index (Phi) is 4.18. The first-order chi connectivity index (χ1) is 10.7. The maximum atomic E-state index is 11.0. The van der Waals surface area contributed by atoms with Crippen molar-refractivity contribution < 1.29 is 9.53 Å². The number of nitrogens with zero attached hydrogens (tertiary/aromatic N) is 3. The van der Waals surface area contributed by atoms with Crippen LogP contribution in [0.25, 0.3) is 0 Å². The lowest BCUT2D eigenvalue weighted by Crippen LogP contribution is -2.35. The molecule has 22 heavy (non-hydrogen) atoms. The summed E-state index contributed by atoms with van der Waals surface area (Å²) in [5.41, 5.74) is 5.36. The predicted molar refractivity (Wildman–Crippen MR) is 82.9 cm³/mol. The Morgan fingerprint density at radius 2 is 2.05 bits per heavy atom. The molecule has 2 N–H and O–H groups in total. The molecular weight excluding hydrogens is 280 g/mol. The van der Waals surface area contributed by atoms with Crippen LogP contribution in [0.15, 0.2) is 42.5 Å². The topological polar surface area (TPSA) is 81.3 Å². The zero-order chi connectivity index (χ0) is 15.4. The smallest absolute Gasteiger partial charge is 0.269 e. The molecule has 1 aromatic carbocycles.